The molecule has 0 saturated carbocycles. The van der Waals surface area contributed by atoms with Crippen LogP contribution in [0.25, 0.3) is 0 Å². The normalized spacial score (nSPS) is 13.4. The van der Waals surface area contributed by atoms with E-state index in [1.54, 1.807) is 6.08 Å². The van der Waals surface area contributed by atoms with Gasteiger partial charge in [-0.1, -0.05) is 25.2 Å². The van der Waals surface area contributed by atoms with E-state index >= 15 is 0 Å². The summed E-state index contributed by atoms with van der Waals surface area (Å²) in [4.78, 5) is 0. The third-order valence-corrected chi connectivity index (χ3v) is 1.35. The molecule has 0 amide bonds. The molecule has 0 aromatic rings. The van der Waals surface area contributed by atoms with Crippen molar-refractivity contribution < 1.29 is 0 Å². The Hall–Kier alpha value is -0.980. The van der Waals surface area contributed by atoms with Crippen LogP contribution >= 0.6 is 0 Å². The molecule has 0 heterocycles. The van der Waals surface area contributed by atoms with Crippen LogP contribution in [0, 0.1) is 0 Å². The molecule has 10 heavy (non-hydrogen) atoms. The van der Waals surface area contributed by atoms with Crippen LogP contribution in [0.3, 0.4) is 0 Å². The van der Waals surface area contributed by atoms with Gasteiger partial charge in [0.05, 0.1) is 0 Å². The van der Waals surface area contributed by atoms with Gasteiger partial charge in [-0.15, -0.1) is 0 Å². The van der Waals surface area contributed by atoms with Gasteiger partial charge in [0.2, 0.25) is 0 Å². The number of hydrogen-bond donors (Lipinski definition) is 1. The zero-order chi connectivity index (χ0) is 7.98. The molecule has 0 unspecified atom stereocenters. The SMILES string of the molecule is C=C/C(N)=C\C=C(/C)CC. The second-order valence-electron chi connectivity index (χ2n) is 2.24. The van der Waals surface area contributed by atoms with Gasteiger partial charge in [-0.25, -0.2) is 0 Å². The molecule has 0 rings (SSSR count). The van der Waals surface area contributed by atoms with Crippen LogP contribution in [-0.4, -0.2) is 0 Å². The van der Waals surface area contributed by atoms with Gasteiger partial charge in [-0.05, 0) is 25.5 Å². The van der Waals surface area contributed by atoms with Gasteiger partial charge in [0.1, 0.15) is 0 Å². The van der Waals surface area contributed by atoms with Crippen LogP contribution in [-0.2, 0) is 0 Å². The summed E-state index contributed by atoms with van der Waals surface area (Å²) in [5, 5.41) is 0. The van der Waals surface area contributed by atoms with Crippen molar-refractivity contribution in [3.05, 3.63) is 36.1 Å². The van der Waals surface area contributed by atoms with Crippen LogP contribution in [0.15, 0.2) is 36.1 Å². The first-order valence-electron chi connectivity index (χ1n) is 3.46. The maximum atomic E-state index is 5.47. The molecule has 0 radical (unpaired) electrons. The highest BCUT2D eigenvalue weighted by Crippen LogP contribution is 1.98. The lowest BCUT2D eigenvalue weighted by atomic mass is 10.2. The highest BCUT2D eigenvalue weighted by atomic mass is 14.5. The second kappa shape index (κ2) is 4.86. The van der Waals surface area contributed by atoms with Crippen molar-refractivity contribution in [2.24, 2.45) is 5.73 Å². The first-order chi connectivity index (χ1) is 4.70. The van der Waals surface area contributed by atoms with Crippen LogP contribution in [0.4, 0.5) is 0 Å². The first-order valence-corrected chi connectivity index (χ1v) is 3.46. The van der Waals surface area contributed by atoms with Crippen LogP contribution in [0.1, 0.15) is 20.3 Å². The maximum Gasteiger partial charge on any atom is 0.0308 e. The first kappa shape index (κ1) is 9.02. The predicted octanol–water partition coefficient (Wildman–Crippen LogP) is 2.37. The number of rotatable bonds is 3. The smallest absolute Gasteiger partial charge is 0.0308 e. The van der Waals surface area contributed by atoms with E-state index in [1.165, 1.54) is 5.57 Å². The van der Waals surface area contributed by atoms with Crippen LogP contribution in [0.5, 0.6) is 0 Å². The lowest BCUT2D eigenvalue weighted by molar-refractivity contribution is 1.10. The lowest BCUT2D eigenvalue weighted by Gasteiger charge is -1.90. The van der Waals surface area contributed by atoms with E-state index in [2.05, 4.69) is 20.4 Å². The van der Waals surface area contributed by atoms with E-state index in [9.17, 15) is 0 Å². The third kappa shape index (κ3) is 3.96. The monoisotopic (exact) mass is 137 g/mol. The molecule has 1 nitrogen and oxygen atoms in total. The molecule has 0 atom stereocenters. The molecular formula is C9H15N. The number of nitrogens with two attached hydrogens (primary N) is 1. The highest BCUT2D eigenvalue weighted by molar-refractivity contribution is 5.20. The van der Waals surface area contributed by atoms with Gasteiger partial charge in [0, 0.05) is 5.70 Å². The van der Waals surface area contributed by atoms with Crippen molar-refractivity contribution in [2.75, 3.05) is 0 Å². The van der Waals surface area contributed by atoms with Crippen molar-refractivity contribution in [2.45, 2.75) is 20.3 Å². The number of hydrogen-bond acceptors (Lipinski definition) is 1. The lowest BCUT2D eigenvalue weighted by Crippen LogP contribution is -1.90. The van der Waals surface area contributed by atoms with E-state index in [0.29, 0.717) is 5.70 Å². The Kier molecular flexibility index (Phi) is 4.38. The molecular weight excluding hydrogens is 122 g/mol. The summed E-state index contributed by atoms with van der Waals surface area (Å²) in [7, 11) is 0. The average molecular weight is 137 g/mol. The van der Waals surface area contributed by atoms with E-state index < -0.39 is 0 Å². The Labute approximate surface area is 62.9 Å². The van der Waals surface area contributed by atoms with Gasteiger partial charge in [0.15, 0.2) is 0 Å². The van der Waals surface area contributed by atoms with Gasteiger partial charge in [-0.3, -0.25) is 0 Å². The largest absolute Gasteiger partial charge is 0.399 e. The Morgan fingerprint density at radius 2 is 2.10 bits per heavy atom. The van der Waals surface area contributed by atoms with Crippen LogP contribution < -0.4 is 5.73 Å². The van der Waals surface area contributed by atoms with Crippen LogP contribution in [0.2, 0.25) is 0 Å². The minimum atomic E-state index is 0.716. The fraction of sp³-hybridized carbons (Fsp3) is 0.333. The molecule has 0 aliphatic heterocycles. The van der Waals surface area contributed by atoms with Crippen molar-refractivity contribution in [3.8, 4) is 0 Å². The van der Waals surface area contributed by atoms with Gasteiger partial charge in [-0.2, -0.15) is 0 Å². The van der Waals surface area contributed by atoms with Crippen molar-refractivity contribution in [1.82, 2.24) is 0 Å². The summed E-state index contributed by atoms with van der Waals surface area (Å²) in [6.07, 6.45) is 6.59. The zero-order valence-electron chi connectivity index (χ0n) is 6.72. The minimum absolute atomic E-state index is 0.716. The van der Waals surface area contributed by atoms with E-state index in [-0.39, 0.29) is 0 Å². The Bertz CT molecular complexity index is 164. The van der Waals surface area contributed by atoms with E-state index in [0.717, 1.165) is 6.42 Å². The predicted molar refractivity (Wildman–Crippen MR) is 46.5 cm³/mol. The second-order valence-corrected chi connectivity index (χ2v) is 2.24. The Morgan fingerprint density at radius 3 is 2.50 bits per heavy atom. The summed E-state index contributed by atoms with van der Waals surface area (Å²) in [6, 6.07) is 0. The van der Waals surface area contributed by atoms with Gasteiger partial charge >= 0.3 is 0 Å². The highest BCUT2D eigenvalue weighted by Gasteiger charge is 1.80. The number of allylic oxidation sites excluding steroid dienone is 4. The fourth-order valence-electron chi connectivity index (χ4n) is 0.424. The molecule has 2 N–H and O–H groups in total. The third-order valence-electron chi connectivity index (χ3n) is 1.35. The van der Waals surface area contributed by atoms with Crippen molar-refractivity contribution in [1.29, 1.82) is 0 Å². The summed E-state index contributed by atoms with van der Waals surface area (Å²) in [6.45, 7) is 7.73. The Balaban J connectivity index is 4.03. The molecule has 0 fully saturated rings. The average Bonchev–Trinajstić information content (AvgIpc) is 1.99. The summed E-state index contributed by atoms with van der Waals surface area (Å²) in [5.74, 6) is 0. The molecule has 0 saturated heterocycles. The topological polar surface area (TPSA) is 26.0 Å². The van der Waals surface area contributed by atoms with Gasteiger partial charge < -0.3 is 5.73 Å². The maximum absolute atomic E-state index is 5.47. The molecule has 0 aromatic heterocycles. The standard InChI is InChI=1S/C9H15N/c1-4-8(3)6-7-9(10)5-2/h5-7H,2,4,10H2,1,3H3/b8-6+,9-7+. The van der Waals surface area contributed by atoms with E-state index in [1.807, 2.05) is 12.2 Å². The summed E-state index contributed by atoms with van der Waals surface area (Å²) < 4.78 is 0. The molecule has 0 aliphatic carbocycles. The molecule has 0 aliphatic rings. The fourth-order valence-corrected chi connectivity index (χ4v) is 0.424. The Morgan fingerprint density at radius 1 is 1.50 bits per heavy atom. The quantitative estimate of drug-likeness (QED) is 0.594. The minimum Gasteiger partial charge on any atom is -0.399 e. The molecule has 1 heteroatoms. The molecule has 0 spiro atoms. The van der Waals surface area contributed by atoms with Crippen molar-refractivity contribution >= 4 is 0 Å². The van der Waals surface area contributed by atoms with E-state index in [4.69, 9.17) is 5.73 Å². The summed E-state index contributed by atoms with van der Waals surface area (Å²) >= 11 is 0. The molecule has 0 bridgehead atoms. The summed E-state index contributed by atoms with van der Waals surface area (Å²) in [5.41, 5.74) is 7.51. The zero-order valence-corrected chi connectivity index (χ0v) is 6.72. The van der Waals surface area contributed by atoms with Crippen molar-refractivity contribution in [3.63, 3.8) is 0 Å². The molecule has 0 aromatic carbocycles. The molecule has 56 valence electrons. The van der Waals surface area contributed by atoms with Gasteiger partial charge in [0.25, 0.3) is 0 Å².